The summed E-state index contributed by atoms with van der Waals surface area (Å²) in [6.45, 7) is 8.03. The van der Waals surface area contributed by atoms with Crippen molar-refractivity contribution in [1.29, 1.82) is 0 Å². The Morgan fingerprint density at radius 1 is 1.19 bits per heavy atom. The Bertz CT molecular complexity index is 1230. The lowest BCUT2D eigenvalue weighted by atomic mass is 9.87. The van der Waals surface area contributed by atoms with Crippen molar-refractivity contribution < 1.29 is 14.3 Å². The smallest absolute Gasteiger partial charge is 0.408 e. The lowest BCUT2D eigenvalue weighted by molar-refractivity contribution is -0.119. The predicted octanol–water partition coefficient (Wildman–Crippen LogP) is 6.05. The second kappa shape index (κ2) is 11.2. The molecular formula is C30H38N4O3. The van der Waals surface area contributed by atoms with Crippen LogP contribution in [0.1, 0.15) is 81.4 Å². The highest BCUT2D eigenvalue weighted by Gasteiger charge is 2.27. The molecule has 37 heavy (non-hydrogen) atoms. The molecule has 4 rings (SSSR count). The van der Waals surface area contributed by atoms with E-state index in [0.29, 0.717) is 13.0 Å². The van der Waals surface area contributed by atoms with E-state index in [1.165, 1.54) is 5.56 Å². The number of ether oxygens (including phenoxy) is 1. The molecule has 0 unspecified atom stereocenters. The van der Waals surface area contributed by atoms with Crippen LogP contribution in [0.4, 0.5) is 10.5 Å². The van der Waals surface area contributed by atoms with E-state index in [1.54, 1.807) is 6.20 Å². The highest BCUT2D eigenvalue weighted by Crippen LogP contribution is 2.34. The predicted molar refractivity (Wildman–Crippen MR) is 145 cm³/mol. The molecule has 196 valence electrons. The van der Waals surface area contributed by atoms with Crippen LogP contribution in [0.2, 0.25) is 0 Å². The number of nitrogens with zero attached hydrogens (tertiary/aromatic N) is 3. The van der Waals surface area contributed by atoms with Crippen LogP contribution in [0.25, 0.3) is 0 Å². The number of nitrogens with one attached hydrogen (secondary N) is 1. The summed E-state index contributed by atoms with van der Waals surface area (Å²) < 4.78 is 7.45. The van der Waals surface area contributed by atoms with Gasteiger partial charge in [0.1, 0.15) is 11.4 Å². The molecule has 1 heterocycles. The number of carbonyl (C=O) groups is 2. The Balaban J connectivity index is 1.62. The van der Waals surface area contributed by atoms with Gasteiger partial charge in [-0.1, -0.05) is 43.3 Å². The molecule has 0 saturated carbocycles. The zero-order chi connectivity index (χ0) is 26.6. The van der Waals surface area contributed by atoms with Gasteiger partial charge in [0.25, 0.3) is 0 Å². The summed E-state index contributed by atoms with van der Waals surface area (Å²) in [6, 6.07) is 16.1. The van der Waals surface area contributed by atoms with Crippen molar-refractivity contribution in [2.45, 2.75) is 77.5 Å². The Morgan fingerprint density at radius 2 is 1.95 bits per heavy atom. The number of hydrogen-bond donors (Lipinski definition) is 1. The van der Waals surface area contributed by atoms with Gasteiger partial charge in [0.15, 0.2) is 0 Å². The van der Waals surface area contributed by atoms with Gasteiger partial charge in [0.05, 0.1) is 12.6 Å². The highest BCUT2D eigenvalue weighted by atomic mass is 16.6. The first-order valence-corrected chi connectivity index (χ1v) is 13.0. The maximum absolute atomic E-state index is 13.7. The standard InChI is InChI=1S/C30H38N4O3/c1-21(22-10-7-6-8-11-22)18-28(35)34(20-27-31-16-17-33(27)5)24-15-14-23-12-9-13-26(25(23)19-24)32-29(36)37-30(2,3)4/h6-8,10-11,14-17,19,21,26H,9,12-13,18,20H2,1-5H3,(H,32,36)/t21-,26-/m0/s1. The van der Waals surface area contributed by atoms with Gasteiger partial charge < -0.3 is 19.5 Å². The molecular weight excluding hydrogens is 464 g/mol. The number of imidazole rings is 1. The van der Waals surface area contributed by atoms with Gasteiger partial charge in [-0.3, -0.25) is 4.79 Å². The molecule has 0 saturated heterocycles. The highest BCUT2D eigenvalue weighted by molar-refractivity contribution is 5.94. The number of anilines is 1. The van der Waals surface area contributed by atoms with Crippen molar-refractivity contribution in [3.8, 4) is 0 Å². The fraction of sp³-hybridized carbons (Fsp3) is 0.433. The third-order valence-electron chi connectivity index (χ3n) is 6.82. The minimum absolute atomic E-state index is 0.0340. The van der Waals surface area contributed by atoms with Gasteiger partial charge in [0, 0.05) is 31.5 Å². The number of rotatable bonds is 7. The van der Waals surface area contributed by atoms with Gasteiger partial charge in [-0.25, -0.2) is 9.78 Å². The maximum Gasteiger partial charge on any atom is 0.408 e. The average molecular weight is 503 g/mol. The van der Waals surface area contributed by atoms with E-state index in [1.807, 2.05) is 67.7 Å². The third-order valence-corrected chi connectivity index (χ3v) is 6.82. The van der Waals surface area contributed by atoms with E-state index >= 15 is 0 Å². The Hall–Kier alpha value is -3.61. The SMILES string of the molecule is C[C@@H](CC(=O)N(Cc1nccn1C)c1ccc2c(c1)[C@@H](NC(=O)OC(C)(C)C)CCC2)c1ccccc1. The van der Waals surface area contributed by atoms with Gasteiger partial charge in [-0.2, -0.15) is 0 Å². The Kier molecular flexibility index (Phi) is 8.00. The molecule has 1 N–H and O–H groups in total. The van der Waals surface area contributed by atoms with Crippen LogP contribution in [0.3, 0.4) is 0 Å². The molecule has 1 aromatic heterocycles. The number of fused-ring (bicyclic) bond motifs is 1. The second-order valence-electron chi connectivity index (χ2n) is 10.9. The maximum atomic E-state index is 13.7. The van der Waals surface area contributed by atoms with Crippen molar-refractivity contribution in [3.63, 3.8) is 0 Å². The van der Waals surface area contributed by atoms with Crippen LogP contribution in [0, 0.1) is 0 Å². The zero-order valence-electron chi connectivity index (χ0n) is 22.5. The van der Waals surface area contributed by atoms with Crippen molar-refractivity contribution >= 4 is 17.7 Å². The summed E-state index contributed by atoms with van der Waals surface area (Å²) >= 11 is 0. The summed E-state index contributed by atoms with van der Waals surface area (Å²) in [5, 5.41) is 3.05. The molecule has 7 nitrogen and oxygen atoms in total. The van der Waals surface area contributed by atoms with Crippen LogP contribution in [0.5, 0.6) is 0 Å². The summed E-state index contributed by atoms with van der Waals surface area (Å²) in [7, 11) is 1.94. The van der Waals surface area contributed by atoms with E-state index < -0.39 is 11.7 Å². The van der Waals surface area contributed by atoms with E-state index in [-0.39, 0.29) is 17.9 Å². The van der Waals surface area contributed by atoms with Gasteiger partial charge in [-0.15, -0.1) is 0 Å². The summed E-state index contributed by atoms with van der Waals surface area (Å²) in [4.78, 5) is 32.6. The minimum Gasteiger partial charge on any atom is -0.444 e. The third kappa shape index (κ3) is 6.79. The van der Waals surface area contributed by atoms with E-state index in [0.717, 1.165) is 41.9 Å². The van der Waals surface area contributed by atoms with Crippen molar-refractivity contribution in [2.24, 2.45) is 7.05 Å². The molecule has 0 radical (unpaired) electrons. The summed E-state index contributed by atoms with van der Waals surface area (Å²) in [5.74, 6) is 0.922. The van der Waals surface area contributed by atoms with E-state index in [9.17, 15) is 9.59 Å². The number of carbonyl (C=O) groups excluding carboxylic acids is 2. The number of hydrogen-bond acceptors (Lipinski definition) is 4. The first-order chi connectivity index (χ1) is 17.6. The molecule has 7 heteroatoms. The number of alkyl carbamates (subject to hydrolysis) is 1. The van der Waals surface area contributed by atoms with Crippen molar-refractivity contribution in [1.82, 2.24) is 14.9 Å². The van der Waals surface area contributed by atoms with E-state index in [4.69, 9.17) is 4.74 Å². The monoisotopic (exact) mass is 502 g/mol. The van der Waals surface area contributed by atoms with Crippen molar-refractivity contribution in [2.75, 3.05) is 4.90 Å². The quantitative estimate of drug-likeness (QED) is 0.427. The molecule has 2 aromatic carbocycles. The molecule has 3 aromatic rings. The molecule has 2 atom stereocenters. The average Bonchev–Trinajstić information content (AvgIpc) is 3.26. The largest absolute Gasteiger partial charge is 0.444 e. The van der Waals surface area contributed by atoms with Crippen LogP contribution < -0.4 is 10.2 Å². The number of amides is 2. The normalized spacial score (nSPS) is 16.0. The van der Waals surface area contributed by atoms with Gasteiger partial charge in [0.2, 0.25) is 5.91 Å². The van der Waals surface area contributed by atoms with Crippen LogP contribution >= 0.6 is 0 Å². The summed E-state index contributed by atoms with van der Waals surface area (Å²) in [6.07, 6.45) is 6.35. The fourth-order valence-corrected chi connectivity index (χ4v) is 4.84. The van der Waals surface area contributed by atoms with Crippen LogP contribution in [-0.2, 0) is 29.5 Å². The molecule has 0 spiro atoms. The van der Waals surface area contributed by atoms with Gasteiger partial charge in [-0.05, 0) is 74.8 Å². The lowest BCUT2D eigenvalue weighted by Gasteiger charge is -2.30. The Labute approximate surface area is 219 Å². The summed E-state index contributed by atoms with van der Waals surface area (Å²) in [5.41, 5.74) is 3.62. The minimum atomic E-state index is -0.565. The second-order valence-corrected chi connectivity index (χ2v) is 10.9. The molecule has 1 aliphatic rings. The van der Waals surface area contributed by atoms with Crippen LogP contribution in [0.15, 0.2) is 60.9 Å². The van der Waals surface area contributed by atoms with Gasteiger partial charge >= 0.3 is 6.09 Å². The fourth-order valence-electron chi connectivity index (χ4n) is 4.84. The molecule has 0 fully saturated rings. The number of aryl methyl sites for hydroxylation is 2. The topological polar surface area (TPSA) is 76.5 Å². The first kappa shape index (κ1) is 26.5. The lowest BCUT2D eigenvalue weighted by Crippen LogP contribution is -2.36. The molecule has 0 bridgehead atoms. The zero-order valence-corrected chi connectivity index (χ0v) is 22.5. The Morgan fingerprint density at radius 3 is 2.62 bits per heavy atom. The first-order valence-electron chi connectivity index (χ1n) is 13.0. The van der Waals surface area contributed by atoms with Crippen LogP contribution in [-0.4, -0.2) is 27.2 Å². The molecule has 2 amide bonds. The molecule has 1 aliphatic carbocycles. The van der Waals surface area contributed by atoms with Crippen molar-refractivity contribution in [3.05, 3.63) is 83.4 Å². The number of benzene rings is 2. The molecule has 0 aliphatic heterocycles. The number of aromatic nitrogens is 2. The van der Waals surface area contributed by atoms with E-state index in [2.05, 4.69) is 41.5 Å².